The van der Waals surface area contributed by atoms with Crippen molar-refractivity contribution < 1.29 is 18.9 Å². The summed E-state index contributed by atoms with van der Waals surface area (Å²) in [5, 5.41) is 6.80. The molecule has 8 nitrogen and oxygen atoms in total. The Hall–Kier alpha value is -1.14. The zero-order valence-electron chi connectivity index (χ0n) is 20.1. The summed E-state index contributed by atoms with van der Waals surface area (Å²) in [6, 6.07) is 8.52. The van der Waals surface area contributed by atoms with E-state index in [2.05, 4.69) is 34.6 Å². The predicted molar refractivity (Wildman–Crippen MR) is 142 cm³/mol. The van der Waals surface area contributed by atoms with Gasteiger partial charge in [-0.1, -0.05) is 12.1 Å². The van der Waals surface area contributed by atoms with Gasteiger partial charge >= 0.3 is 0 Å². The fourth-order valence-corrected chi connectivity index (χ4v) is 4.04. The molecular formula is C24H41IN4O4. The second-order valence-corrected chi connectivity index (χ2v) is 8.15. The van der Waals surface area contributed by atoms with Crippen molar-refractivity contribution in [1.29, 1.82) is 0 Å². The lowest BCUT2D eigenvalue weighted by molar-refractivity contribution is 0.0168. The number of nitrogens with one attached hydrogen (secondary N) is 2. The van der Waals surface area contributed by atoms with Gasteiger partial charge in [0.2, 0.25) is 0 Å². The van der Waals surface area contributed by atoms with Gasteiger partial charge in [-0.3, -0.25) is 9.89 Å². The molecule has 2 fully saturated rings. The highest BCUT2D eigenvalue weighted by Gasteiger charge is 2.22. The number of hydrogen-bond acceptors (Lipinski definition) is 6. The van der Waals surface area contributed by atoms with Crippen molar-refractivity contribution in [2.24, 2.45) is 4.99 Å². The molecule has 2 atom stereocenters. The molecule has 0 aromatic heterocycles. The SMILES string of the molecule is CCNC(=NCC(c1ccc(OC)cc1)N1CCOCC1)NCCCOCC1CCCO1.I. The smallest absolute Gasteiger partial charge is 0.191 e. The van der Waals surface area contributed by atoms with Crippen LogP contribution in [0.2, 0.25) is 0 Å². The minimum Gasteiger partial charge on any atom is -0.497 e. The topological polar surface area (TPSA) is 76.6 Å². The van der Waals surface area contributed by atoms with Crippen molar-refractivity contribution in [1.82, 2.24) is 15.5 Å². The number of ether oxygens (including phenoxy) is 4. The number of halogens is 1. The van der Waals surface area contributed by atoms with Crippen LogP contribution in [0.3, 0.4) is 0 Å². The highest BCUT2D eigenvalue weighted by Crippen LogP contribution is 2.24. The maximum Gasteiger partial charge on any atom is 0.191 e. The third-order valence-corrected chi connectivity index (χ3v) is 5.84. The molecule has 0 amide bonds. The summed E-state index contributed by atoms with van der Waals surface area (Å²) in [6.45, 7) is 10.1. The fourth-order valence-electron chi connectivity index (χ4n) is 4.04. The molecule has 2 heterocycles. The lowest BCUT2D eigenvalue weighted by Gasteiger charge is -2.34. The molecule has 1 aromatic carbocycles. The van der Waals surface area contributed by atoms with Gasteiger partial charge in [0.05, 0.1) is 45.6 Å². The Balaban J connectivity index is 0.00000385. The van der Waals surface area contributed by atoms with Gasteiger partial charge in [-0.15, -0.1) is 24.0 Å². The Labute approximate surface area is 215 Å². The van der Waals surface area contributed by atoms with Gasteiger partial charge in [-0.25, -0.2) is 0 Å². The molecule has 33 heavy (non-hydrogen) atoms. The lowest BCUT2D eigenvalue weighted by atomic mass is 10.0. The van der Waals surface area contributed by atoms with Crippen LogP contribution < -0.4 is 15.4 Å². The van der Waals surface area contributed by atoms with Crippen LogP contribution >= 0.6 is 24.0 Å². The average molecular weight is 577 g/mol. The number of hydrogen-bond donors (Lipinski definition) is 2. The predicted octanol–water partition coefficient (Wildman–Crippen LogP) is 2.83. The summed E-state index contributed by atoms with van der Waals surface area (Å²) in [6.07, 6.45) is 3.49. The molecule has 0 saturated carbocycles. The van der Waals surface area contributed by atoms with Crippen LogP contribution in [-0.2, 0) is 14.2 Å². The van der Waals surface area contributed by atoms with E-state index in [0.717, 1.165) is 83.6 Å². The summed E-state index contributed by atoms with van der Waals surface area (Å²) >= 11 is 0. The number of morpholine rings is 1. The zero-order chi connectivity index (χ0) is 22.4. The van der Waals surface area contributed by atoms with E-state index in [4.69, 9.17) is 23.9 Å². The summed E-state index contributed by atoms with van der Waals surface area (Å²) in [5.74, 6) is 1.72. The molecule has 0 spiro atoms. The first-order valence-electron chi connectivity index (χ1n) is 12.0. The minimum atomic E-state index is 0. The number of benzene rings is 1. The van der Waals surface area contributed by atoms with Gasteiger partial charge in [0, 0.05) is 39.4 Å². The monoisotopic (exact) mass is 576 g/mol. The van der Waals surface area contributed by atoms with Crippen LogP contribution in [0.1, 0.15) is 37.8 Å². The summed E-state index contributed by atoms with van der Waals surface area (Å²) in [7, 11) is 1.70. The van der Waals surface area contributed by atoms with E-state index < -0.39 is 0 Å². The maximum atomic E-state index is 5.76. The molecule has 2 aliphatic heterocycles. The van der Waals surface area contributed by atoms with E-state index in [-0.39, 0.29) is 36.1 Å². The van der Waals surface area contributed by atoms with Crippen molar-refractivity contribution in [2.45, 2.75) is 38.3 Å². The number of guanidine groups is 1. The first-order valence-corrected chi connectivity index (χ1v) is 12.0. The van der Waals surface area contributed by atoms with Crippen molar-refractivity contribution >= 4 is 29.9 Å². The Kier molecular flexibility index (Phi) is 14.0. The Morgan fingerprint density at radius 1 is 1.18 bits per heavy atom. The molecule has 0 bridgehead atoms. The fraction of sp³-hybridized carbons (Fsp3) is 0.708. The van der Waals surface area contributed by atoms with Crippen LogP contribution in [-0.4, -0.2) is 89.8 Å². The Bertz CT molecular complexity index is 665. The zero-order valence-corrected chi connectivity index (χ0v) is 22.4. The second kappa shape index (κ2) is 16.5. The highest BCUT2D eigenvalue weighted by atomic mass is 127. The number of rotatable bonds is 12. The van der Waals surface area contributed by atoms with Crippen LogP contribution in [0.4, 0.5) is 0 Å². The van der Waals surface area contributed by atoms with E-state index >= 15 is 0 Å². The molecule has 2 N–H and O–H groups in total. The summed E-state index contributed by atoms with van der Waals surface area (Å²) in [4.78, 5) is 7.36. The van der Waals surface area contributed by atoms with E-state index in [0.29, 0.717) is 13.2 Å². The van der Waals surface area contributed by atoms with Crippen LogP contribution in [0.15, 0.2) is 29.3 Å². The third-order valence-electron chi connectivity index (χ3n) is 5.84. The van der Waals surface area contributed by atoms with Crippen LogP contribution in [0.5, 0.6) is 5.75 Å². The second-order valence-electron chi connectivity index (χ2n) is 8.15. The maximum absolute atomic E-state index is 5.76. The molecule has 2 unspecified atom stereocenters. The van der Waals surface area contributed by atoms with E-state index in [1.54, 1.807) is 7.11 Å². The molecular weight excluding hydrogens is 535 g/mol. The lowest BCUT2D eigenvalue weighted by Crippen LogP contribution is -2.42. The number of nitrogens with zero attached hydrogens (tertiary/aromatic N) is 2. The molecule has 2 saturated heterocycles. The van der Waals surface area contributed by atoms with Gasteiger partial charge in [-0.2, -0.15) is 0 Å². The van der Waals surface area contributed by atoms with E-state index in [9.17, 15) is 0 Å². The normalized spacial score (nSPS) is 20.2. The van der Waals surface area contributed by atoms with Crippen molar-refractivity contribution in [2.75, 3.05) is 72.9 Å². The molecule has 0 radical (unpaired) electrons. The largest absolute Gasteiger partial charge is 0.497 e. The van der Waals surface area contributed by atoms with Gasteiger partial charge in [0.15, 0.2) is 5.96 Å². The van der Waals surface area contributed by atoms with Gasteiger partial charge in [0.25, 0.3) is 0 Å². The molecule has 188 valence electrons. The Morgan fingerprint density at radius 3 is 2.64 bits per heavy atom. The minimum absolute atomic E-state index is 0. The number of methoxy groups -OCH3 is 1. The van der Waals surface area contributed by atoms with Crippen molar-refractivity contribution in [3.63, 3.8) is 0 Å². The van der Waals surface area contributed by atoms with Crippen LogP contribution in [0, 0.1) is 0 Å². The third kappa shape index (κ3) is 9.94. The first-order chi connectivity index (χ1) is 15.8. The van der Waals surface area contributed by atoms with Crippen molar-refractivity contribution in [3.05, 3.63) is 29.8 Å². The van der Waals surface area contributed by atoms with Crippen molar-refractivity contribution in [3.8, 4) is 5.75 Å². The standard InChI is InChI=1S/C24H40N4O4.HI/c1-3-25-24(26-11-5-14-31-19-22-6-4-15-32-22)27-18-23(28-12-16-30-17-13-28)20-7-9-21(29-2)10-8-20;/h7-10,22-23H,3-6,11-19H2,1-2H3,(H2,25,26,27);1H. The molecule has 2 aliphatic rings. The quantitative estimate of drug-likeness (QED) is 0.172. The molecule has 0 aliphatic carbocycles. The summed E-state index contributed by atoms with van der Waals surface area (Å²) in [5.41, 5.74) is 1.25. The number of aliphatic imine (C=N–C) groups is 1. The van der Waals surface area contributed by atoms with E-state index in [1.165, 1.54) is 5.56 Å². The van der Waals surface area contributed by atoms with Gasteiger partial charge < -0.3 is 29.6 Å². The highest BCUT2D eigenvalue weighted by molar-refractivity contribution is 14.0. The molecule has 9 heteroatoms. The molecule has 3 rings (SSSR count). The summed E-state index contributed by atoms with van der Waals surface area (Å²) < 4.78 is 22.2. The van der Waals surface area contributed by atoms with Crippen LogP contribution in [0.25, 0.3) is 0 Å². The van der Waals surface area contributed by atoms with Gasteiger partial charge in [0.1, 0.15) is 5.75 Å². The van der Waals surface area contributed by atoms with E-state index in [1.807, 2.05) is 12.1 Å². The first kappa shape index (κ1) is 28.1. The molecule has 1 aromatic rings. The van der Waals surface area contributed by atoms with Gasteiger partial charge in [-0.05, 0) is 43.9 Å². The average Bonchev–Trinajstić information content (AvgIpc) is 3.36. The Morgan fingerprint density at radius 2 is 1.97 bits per heavy atom.